The molecule has 170 valence electrons. The van der Waals surface area contributed by atoms with E-state index in [9.17, 15) is 14.7 Å². The summed E-state index contributed by atoms with van der Waals surface area (Å²) >= 11 is 0. The number of ether oxygens (including phenoxy) is 1. The van der Waals surface area contributed by atoms with Gasteiger partial charge in [0.05, 0.1) is 31.0 Å². The summed E-state index contributed by atoms with van der Waals surface area (Å²) in [5.74, 6) is 0.245. The van der Waals surface area contributed by atoms with Crippen molar-refractivity contribution in [1.29, 1.82) is 0 Å². The van der Waals surface area contributed by atoms with E-state index in [1.54, 1.807) is 11.9 Å². The Bertz CT molecular complexity index is 666. The zero-order valence-corrected chi connectivity index (χ0v) is 18.4. The molecule has 1 aliphatic carbocycles. The number of aliphatic hydroxyl groups excluding tert-OH is 1. The van der Waals surface area contributed by atoms with Crippen molar-refractivity contribution in [3.63, 3.8) is 0 Å². The van der Waals surface area contributed by atoms with E-state index in [-0.39, 0.29) is 48.4 Å². The molecular weight excluding hydrogens is 388 g/mol. The van der Waals surface area contributed by atoms with Crippen molar-refractivity contribution < 1.29 is 19.4 Å². The second kappa shape index (κ2) is 8.33. The topological polar surface area (TPSA) is 118 Å². The van der Waals surface area contributed by atoms with E-state index >= 15 is 0 Å². The number of hydrogen-bond donors (Lipinski definition) is 5. The smallest absolute Gasteiger partial charge is 0.242 e. The standard InChI is InChI=1S/C20H36N6O4/c1-20(2,3)17(19(29)25-8-12(27)7-14(25)18(28)21-4)26-9-13(23-24-26)15-16(11-5-6-11)30-10-22-15/h11-17,22-24,27H,5-10H2,1-4H3,(H,21,28)/t12-,13?,14+,15?,16?,17-/m1/s1. The van der Waals surface area contributed by atoms with Gasteiger partial charge in [-0.1, -0.05) is 20.8 Å². The molecule has 0 radical (unpaired) electrons. The molecule has 5 N–H and O–H groups in total. The molecule has 0 aromatic heterocycles. The van der Waals surface area contributed by atoms with Crippen molar-refractivity contribution in [2.75, 3.05) is 26.9 Å². The maximum Gasteiger partial charge on any atom is 0.242 e. The number of nitrogens with zero attached hydrogens (tertiary/aromatic N) is 2. The fraction of sp³-hybridized carbons (Fsp3) is 0.900. The summed E-state index contributed by atoms with van der Waals surface area (Å²) in [5.41, 5.74) is 6.19. The number of hydrazine groups is 2. The summed E-state index contributed by atoms with van der Waals surface area (Å²) in [6.07, 6.45) is 2.22. The summed E-state index contributed by atoms with van der Waals surface area (Å²) in [6.45, 7) is 7.45. The Hall–Kier alpha value is -1.30. The van der Waals surface area contributed by atoms with Crippen molar-refractivity contribution in [3.05, 3.63) is 0 Å². The average Bonchev–Trinajstić information content (AvgIpc) is 3.07. The molecule has 6 atom stereocenters. The third-order valence-electron chi connectivity index (χ3n) is 6.73. The van der Waals surface area contributed by atoms with E-state index in [0.717, 1.165) is 0 Å². The van der Waals surface area contributed by atoms with Crippen LogP contribution in [0, 0.1) is 11.3 Å². The lowest BCUT2D eigenvalue weighted by Gasteiger charge is -2.39. The lowest BCUT2D eigenvalue weighted by atomic mass is 9.84. The zero-order valence-electron chi connectivity index (χ0n) is 18.4. The molecule has 3 aliphatic heterocycles. The minimum absolute atomic E-state index is 0.106. The number of β-amino-alcohol motifs (C(OH)–C–C–N with tert-alkyl or cyclic N) is 1. The van der Waals surface area contributed by atoms with Crippen LogP contribution in [-0.4, -0.2) is 90.1 Å². The maximum absolute atomic E-state index is 13.7. The van der Waals surface area contributed by atoms with Gasteiger partial charge in [-0.25, -0.2) is 10.4 Å². The molecule has 3 saturated heterocycles. The van der Waals surface area contributed by atoms with Gasteiger partial charge >= 0.3 is 0 Å². The number of likely N-dealkylation sites (N-methyl/N-ethyl adjacent to an activating group) is 1. The van der Waals surface area contributed by atoms with E-state index in [0.29, 0.717) is 19.2 Å². The van der Waals surface area contributed by atoms with Crippen LogP contribution in [0.25, 0.3) is 0 Å². The summed E-state index contributed by atoms with van der Waals surface area (Å²) < 4.78 is 5.91. The Labute approximate surface area is 178 Å². The van der Waals surface area contributed by atoms with Gasteiger partial charge in [-0.3, -0.25) is 14.9 Å². The van der Waals surface area contributed by atoms with E-state index in [2.05, 4.69) is 21.6 Å². The van der Waals surface area contributed by atoms with Crippen LogP contribution < -0.4 is 21.6 Å². The SMILES string of the molecule is CNC(=O)[C@@H]1C[C@@H](O)CN1C(=O)[C@@H](N1CC(C2NCOC2C2CC2)NN1)C(C)(C)C. The number of likely N-dealkylation sites (tertiary alicyclic amines) is 1. The second-order valence-corrected chi connectivity index (χ2v) is 10.1. The molecule has 10 heteroatoms. The summed E-state index contributed by atoms with van der Waals surface area (Å²) in [6, 6.07) is -0.834. The van der Waals surface area contributed by atoms with Crippen LogP contribution in [0.1, 0.15) is 40.0 Å². The number of aliphatic hydroxyl groups is 1. The Morgan fingerprint density at radius 2 is 1.97 bits per heavy atom. The Balaban J connectivity index is 1.49. The molecule has 10 nitrogen and oxygen atoms in total. The molecular formula is C20H36N6O4. The van der Waals surface area contributed by atoms with E-state index in [1.807, 2.05) is 25.8 Å². The fourth-order valence-electron chi connectivity index (χ4n) is 5.13. The molecule has 0 aromatic carbocycles. The van der Waals surface area contributed by atoms with Crippen LogP contribution in [0.15, 0.2) is 0 Å². The molecule has 30 heavy (non-hydrogen) atoms. The second-order valence-electron chi connectivity index (χ2n) is 10.1. The monoisotopic (exact) mass is 424 g/mol. The van der Waals surface area contributed by atoms with E-state index < -0.39 is 18.2 Å². The minimum Gasteiger partial charge on any atom is -0.391 e. The number of amides is 2. The van der Waals surface area contributed by atoms with Crippen molar-refractivity contribution in [3.8, 4) is 0 Å². The summed E-state index contributed by atoms with van der Waals surface area (Å²) in [7, 11) is 1.56. The Morgan fingerprint density at radius 3 is 2.60 bits per heavy atom. The predicted octanol–water partition coefficient (Wildman–Crippen LogP) is -1.47. The molecule has 0 bridgehead atoms. The van der Waals surface area contributed by atoms with E-state index in [1.165, 1.54) is 12.8 Å². The maximum atomic E-state index is 13.7. The van der Waals surface area contributed by atoms with Crippen LogP contribution >= 0.6 is 0 Å². The van der Waals surface area contributed by atoms with Crippen LogP contribution in [0.2, 0.25) is 0 Å². The van der Waals surface area contributed by atoms with Gasteiger partial charge in [0.1, 0.15) is 12.1 Å². The van der Waals surface area contributed by atoms with Crippen LogP contribution in [0.5, 0.6) is 0 Å². The van der Waals surface area contributed by atoms with Gasteiger partial charge in [-0.05, 0) is 24.2 Å². The highest BCUT2D eigenvalue weighted by molar-refractivity contribution is 5.90. The minimum atomic E-state index is -0.687. The van der Waals surface area contributed by atoms with Crippen LogP contribution in [0.4, 0.5) is 0 Å². The fourth-order valence-corrected chi connectivity index (χ4v) is 5.13. The highest BCUT2D eigenvalue weighted by atomic mass is 16.5. The molecule has 4 rings (SSSR count). The van der Waals surface area contributed by atoms with Crippen molar-refractivity contribution in [1.82, 2.24) is 31.5 Å². The van der Waals surface area contributed by atoms with Gasteiger partial charge in [-0.2, -0.15) is 5.53 Å². The normalized spacial score (nSPS) is 36.3. The zero-order chi connectivity index (χ0) is 21.6. The lowest BCUT2D eigenvalue weighted by molar-refractivity contribution is -0.147. The average molecular weight is 425 g/mol. The summed E-state index contributed by atoms with van der Waals surface area (Å²) in [4.78, 5) is 27.5. The Morgan fingerprint density at radius 1 is 1.23 bits per heavy atom. The van der Waals surface area contributed by atoms with Crippen LogP contribution in [0.3, 0.4) is 0 Å². The largest absolute Gasteiger partial charge is 0.391 e. The van der Waals surface area contributed by atoms with Gasteiger partial charge < -0.3 is 20.1 Å². The van der Waals surface area contributed by atoms with Crippen molar-refractivity contribution in [2.45, 2.75) is 76.4 Å². The van der Waals surface area contributed by atoms with Crippen molar-refractivity contribution in [2.24, 2.45) is 11.3 Å². The number of carbonyl (C=O) groups excluding carboxylic acids is 2. The van der Waals surface area contributed by atoms with E-state index in [4.69, 9.17) is 4.74 Å². The molecule has 0 aromatic rings. The number of rotatable bonds is 5. The third kappa shape index (κ3) is 4.21. The highest BCUT2D eigenvalue weighted by Gasteiger charge is 2.50. The van der Waals surface area contributed by atoms with Gasteiger partial charge in [0.25, 0.3) is 0 Å². The third-order valence-corrected chi connectivity index (χ3v) is 6.73. The first kappa shape index (κ1) is 21.9. The summed E-state index contributed by atoms with van der Waals surface area (Å²) in [5, 5.41) is 18.2. The number of carbonyl (C=O) groups is 2. The Kier molecular flexibility index (Phi) is 6.08. The highest BCUT2D eigenvalue weighted by Crippen LogP contribution is 2.38. The van der Waals surface area contributed by atoms with Crippen molar-refractivity contribution >= 4 is 11.8 Å². The quantitative estimate of drug-likeness (QED) is 0.363. The first-order valence-electron chi connectivity index (χ1n) is 11.0. The lowest BCUT2D eigenvalue weighted by Crippen LogP contribution is -2.60. The molecule has 3 heterocycles. The predicted molar refractivity (Wildman–Crippen MR) is 110 cm³/mol. The van der Waals surface area contributed by atoms with Crippen LogP contribution in [-0.2, 0) is 14.3 Å². The molecule has 2 amide bonds. The molecule has 3 unspecified atom stereocenters. The molecule has 4 aliphatic rings. The first-order chi connectivity index (χ1) is 14.2. The number of hydrogen-bond acceptors (Lipinski definition) is 8. The molecule has 1 saturated carbocycles. The molecule has 0 spiro atoms. The molecule has 4 fully saturated rings. The van der Waals surface area contributed by atoms with Gasteiger partial charge in [0.15, 0.2) is 0 Å². The first-order valence-corrected chi connectivity index (χ1v) is 11.0. The number of nitrogens with one attached hydrogen (secondary N) is 4. The van der Waals surface area contributed by atoms with Gasteiger partial charge in [0.2, 0.25) is 11.8 Å². The van der Waals surface area contributed by atoms with Gasteiger partial charge in [0, 0.05) is 26.6 Å². The van der Waals surface area contributed by atoms with Gasteiger partial charge in [-0.15, -0.1) is 0 Å².